The third-order valence-corrected chi connectivity index (χ3v) is 6.09. The number of benzene rings is 2. The van der Waals surface area contributed by atoms with Gasteiger partial charge in [-0.2, -0.15) is 0 Å². The molecule has 28 heavy (non-hydrogen) atoms. The van der Waals surface area contributed by atoms with Gasteiger partial charge in [0.2, 0.25) is 0 Å². The van der Waals surface area contributed by atoms with Crippen molar-refractivity contribution in [2.24, 2.45) is 0 Å². The molecule has 0 aliphatic carbocycles. The van der Waals surface area contributed by atoms with Gasteiger partial charge in [0.05, 0.1) is 11.4 Å². The van der Waals surface area contributed by atoms with Crippen LogP contribution in [-0.2, 0) is 11.3 Å². The molecule has 4 nitrogen and oxygen atoms in total. The van der Waals surface area contributed by atoms with Crippen LogP contribution in [0, 0.1) is 0 Å². The highest BCUT2D eigenvalue weighted by molar-refractivity contribution is 9.10. The zero-order chi connectivity index (χ0) is 19.7. The highest BCUT2D eigenvalue weighted by Gasteiger charge is 2.35. The minimum Gasteiger partial charge on any atom is -0.457 e. The van der Waals surface area contributed by atoms with Crippen LogP contribution in [0.4, 0.5) is 4.79 Å². The molecule has 0 atom stereocenters. The minimum absolute atomic E-state index is 0.218. The highest BCUT2D eigenvalue weighted by atomic mass is 79.9. The summed E-state index contributed by atoms with van der Waals surface area (Å²) in [5, 5.41) is 0.317. The number of thioether (sulfide) groups is 1. The van der Waals surface area contributed by atoms with Crippen LogP contribution < -0.4 is 0 Å². The van der Waals surface area contributed by atoms with E-state index in [2.05, 4.69) is 15.9 Å². The fourth-order valence-corrected chi connectivity index (χ4v) is 4.21. The van der Waals surface area contributed by atoms with Crippen LogP contribution in [0.3, 0.4) is 0 Å². The summed E-state index contributed by atoms with van der Waals surface area (Å²) in [7, 11) is 0. The summed E-state index contributed by atoms with van der Waals surface area (Å²) in [6.45, 7) is 0.218. The number of nitrogens with zero attached hydrogens (tertiary/aromatic N) is 1. The number of furan rings is 1. The van der Waals surface area contributed by atoms with Crippen molar-refractivity contribution in [2.75, 3.05) is 0 Å². The number of imide groups is 1. The van der Waals surface area contributed by atoms with Gasteiger partial charge < -0.3 is 4.42 Å². The average molecular weight is 475 g/mol. The molecule has 0 radical (unpaired) electrons. The summed E-state index contributed by atoms with van der Waals surface area (Å²) in [5.41, 5.74) is 1.71. The van der Waals surface area contributed by atoms with Gasteiger partial charge in [-0.1, -0.05) is 57.9 Å². The van der Waals surface area contributed by atoms with Gasteiger partial charge in [-0.15, -0.1) is 0 Å². The molecule has 0 N–H and O–H groups in total. The summed E-state index contributed by atoms with van der Waals surface area (Å²) in [4.78, 5) is 26.6. The van der Waals surface area contributed by atoms with E-state index in [4.69, 9.17) is 16.0 Å². The van der Waals surface area contributed by atoms with Crippen LogP contribution in [0.5, 0.6) is 0 Å². The van der Waals surface area contributed by atoms with Gasteiger partial charge >= 0.3 is 0 Å². The van der Waals surface area contributed by atoms with E-state index in [9.17, 15) is 9.59 Å². The van der Waals surface area contributed by atoms with E-state index < -0.39 is 0 Å². The Morgan fingerprint density at radius 3 is 2.68 bits per heavy atom. The maximum atomic E-state index is 12.7. The van der Waals surface area contributed by atoms with Crippen molar-refractivity contribution in [2.45, 2.75) is 6.54 Å². The number of amides is 2. The Labute approximate surface area is 179 Å². The standard InChI is InChI=1S/C21H13BrClNO3S/c22-17-7-2-1-4-14(17)12-24-20(25)19(28-21(24)26)11-16-8-9-18(27-16)13-5-3-6-15(23)10-13/h1-11H,12H2/b19-11-. The molecule has 4 rings (SSSR count). The highest BCUT2D eigenvalue weighted by Crippen LogP contribution is 2.35. The Kier molecular flexibility index (Phi) is 5.44. The molecule has 1 fully saturated rings. The monoisotopic (exact) mass is 473 g/mol. The lowest BCUT2D eigenvalue weighted by molar-refractivity contribution is -0.123. The molecule has 0 spiro atoms. The zero-order valence-electron chi connectivity index (χ0n) is 14.4. The van der Waals surface area contributed by atoms with Gasteiger partial charge in [0, 0.05) is 21.1 Å². The molecule has 1 aliphatic heterocycles. The van der Waals surface area contributed by atoms with Gasteiger partial charge in [0.15, 0.2) is 0 Å². The topological polar surface area (TPSA) is 50.5 Å². The van der Waals surface area contributed by atoms with Crippen LogP contribution in [-0.4, -0.2) is 16.0 Å². The first kappa shape index (κ1) is 19.1. The van der Waals surface area contributed by atoms with Gasteiger partial charge in [-0.05, 0) is 47.7 Å². The van der Waals surface area contributed by atoms with Gasteiger partial charge in [0.25, 0.3) is 11.1 Å². The fraction of sp³-hybridized carbons (Fsp3) is 0.0476. The number of hydrogen-bond donors (Lipinski definition) is 0. The smallest absolute Gasteiger partial charge is 0.293 e. The number of halogens is 2. The average Bonchev–Trinajstić information content (AvgIpc) is 3.24. The van der Waals surface area contributed by atoms with Crippen LogP contribution in [0.1, 0.15) is 11.3 Å². The summed E-state index contributed by atoms with van der Waals surface area (Å²) in [6.07, 6.45) is 1.60. The molecular formula is C21H13BrClNO3S. The molecule has 140 valence electrons. The molecule has 0 saturated carbocycles. The summed E-state index contributed by atoms with van der Waals surface area (Å²) >= 11 is 10.4. The molecule has 2 amide bonds. The molecule has 2 heterocycles. The Morgan fingerprint density at radius 1 is 1.07 bits per heavy atom. The molecular weight excluding hydrogens is 462 g/mol. The molecule has 1 aromatic heterocycles. The van der Waals surface area contributed by atoms with Crippen molar-refractivity contribution < 1.29 is 14.0 Å². The Hall–Kier alpha value is -2.28. The van der Waals surface area contributed by atoms with Crippen molar-refractivity contribution in [3.8, 4) is 11.3 Å². The summed E-state index contributed by atoms with van der Waals surface area (Å²) in [5.74, 6) is 0.814. The molecule has 3 aromatic rings. The Balaban J connectivity index is 1.55. The number of rotatable bonds is 4. The first-order valence-electron chi connectivity index (χ1n) is 8.36. The van der Waals surface area contributed by atoms with Crippen molar-refractivity contribution in [1.29, 1.82) is 0 Å². The predicted octanol–water partition coefficient (Wildman–Crippen LogP) is 6.60. The summed E-state index contributed by atoms with van der Waals surface area (Å²) in [6, 6.07) is 18.4. The largest absolute Gasteiger partial charge is 0.457 e. The van der Waals surface area contributed by atoms with Crippen LogP contribution >= 0.6 is 39.3 Å². The lowest BCUT2D eigenvalue weighted by atomic mass is 10.2. The van der Waals surface area contributed by atoms with E-state index in [0.29, 0.717) is 21.4 Å². The second kappa shape index (κ2) is 7.99. The summed E-state index contributed by atoms with van der Waals surface area (Å²) < 4.78 is 6.66. The SMILES string of the molecule is O=C1S/C(=C\c2ccc(-c3cccc(Cl)c3)o2)C(=O)N1Cc1ccccc1Br. The third-order valence-electron chi connectivity index (χ3n) is 4.17. The number of hydrogen-bond acceptors (Lipinski definition) is 4. The predicted molar refractivity (Wildman–Crippen MR) is 115 cm³/mol. The normalized spacial score (nSPS) is 15.6. The molecule has 7 heteroatoms. The maximum Gasteiger partial charge on any atom is 0.293 e. The molecule has 1 aliphatic rings. The first-order chi connectivity index (χ1) is 13.5. The Bertz CT molecular complexity index is 1110. The molecule has 0 unspecified atom stereocenters. The van der Waals surface area contributed by atoms with Crippen LogP contribution in [0.15, 0.2) is 74.5 Å². The first-order valence-corrected chi connectivity index (χ1v) is 10.3. The molecule has 1 saturated heterocycles. The second-order valence-corrected chi connectivity index (χ2v) is 8.36. The van der Waals surface area contributed by atoms with E-state index in [1.807, 2.05) is 42.5 Å². The van der Waals surface area contributed by atoms with Crippen molar-refractivity contribution in [3.63, 3.8) is 0 Å². The number of carbonyl (C=O) groups excluding carboxylic acids is 2. The maximum absolute atomic E-state index is 12.7. The van der Waals surface area contributed by atoms with Gasteiger partial charge in [0.1, 0.15) is 11.5 Å². The van der Waals surface area contributed by atoms with Crippen molar-refractivity contribution >= 4 is 56.5 Å². The molecule has 2 aromatic carbocycles. The van der Waals surface area contributed by atoms with Gasteiger partial charge in [-0.25, -0.2) is 0 Å². The van der Waals surface area contributed by atoms with E-state index in [1.54, 1.807) is 24.3 Å². The molecule has 0 bridgehead atoms. The third kappa shape index (κ3) is 3.94. The van der Waals surface area contributed by atoms with Crippen LogP contribution in [0.2, 0.25) is 5.02 Å². The number of carbonyl (C=O) groups is 2. The van der Waals surface area contributed by atoms with E-state index in [0.717, 1.165) is 27.4 Å². The van der Waals surface area contributed by atoms with E-state index >= 15 is 0 Å². The van der Waals surface area contributed by atoms with Crippen LogP contribution in [0.25, 0.3) is 17.4 Å². The van der Waals surface area contributed by atoms with E-state index in [-0.39, 0.29) is 17.7 Å². The fourth-order valence-electron chi connectivity index (χ4n) is 2.79. The zero-order valence-corrected chi connectivity index (χ0v) is 17.6. The quantitative estimate of drug-likeness (QED) is 0.400. The lowest BCUT2D eigenvalue weighted by Gasteiger charge is -2.13. The van der Waals surface area contributed by atoms with Gasteiger partial charge in [-0.3, -0.25) is 14.5 Å². The van der Waals surface area contributed by atoms with Crippen molar-refractivity contribution in [3.05, 3.63) is 86.4 Å². The Morgan fingerprint density at radius 2 is 1.89 bits per heavy atom. The van der Waals surface area contributed by atoms with Crippen molar-refractivity contribution in [1.82, 2.24) is 4.90 Å². The second-order valence-electron chi connectivity index (χ2n) is 6.07. The van der Waals surface area contributed by atoms with E-state index in [1.165, 1.54) is 4.90 Å². The minimum atomic E-state index is -0.327. The lowest BCUT2D eigenvalue weighted by Crippen LogP contribution is -2.27.